The maximum atomic E-state index is 11.7. The summed E-state index contributed by atoms with van der Waals surface area (Å²) in [7, 11) is 0. The van der Waals surface area contributed by atoms with Crippen LogP contribution < -0.4 is 11.1 Å². The van der Waals surface area contributed by atoms with Gasteiger partial charge in [0, 0.05) is 17.0 Å². The van der Waals surface area contributed by atoms with Gasteiger partial charge in [0.2, 0.25) is 0 Å². The molecule has 3 N–H and O–H groups in total. The predicted octanol–water partition coefficient (Wildman–Crippen LogP) is 1.63. The Bertz CT molecular complexity index is 630. The van der Waals surface area contributed by atoms with Gasteiger partial charge in [0.25, 0.3) is 0 Å². The predicted molar refractivity (Wildman–Crippen MR) is 79.7 cm³/mol. The molecule has 3 atom stereocenters. The monoisotopic (exact) mass is 267 g/mol. The molecule has 1 aromatic rings. The lowest BCUT2D eigenvalue weighted by Crippen LogP contribution is -2.54. The second-order valence-corrected chi connectivity index (χ2v) is 5.09. The van der Waals surface area contributed by atoms with Crippen molar-refractivity contribution in [2.45, 2.75) is 19.1 Å². The summed E-state index contributed by atoms with van der Waals surface area (Å²) in [5.41, 5.74) is 7.66. The van der Waals surface area contributed by atoms with Crippen molar-refractivity contribution < 1.29 is 4.79 Å². The molecule has 0 amide bonds. The van der Waals surface area contributed by atoms with E-state index in [4.69, 9.17) is 10.7 Å². The van der Waals surface area contributed by atoms with Gasteiger partial charge in [-0.3, -0.25) is 9.79 Å². The molecule has 1 aliphatic carbocycles. The molecule has 1 aromatic carbocycles. The first-order valence-electron chi connectivity index (χ1n) is 6.72. The summed E-state index contributed by atoms with van der Waals surface area (Å²) in [6.07, 6.45) is 7.89. The third kappa shape index (κ3) is 2.18. The second-order valence-electron chi connectivity index (χ2n) is 5.09. The van der Waals surface area contributed by atoms with Crippen molar-refractivity contribution in [2.24, 2.45) is 16.6 Å². The summed E-state index contributed by atoms with van der Waals surface area (Å²) >= 11 is 0. The first-order chi connectivity index (χ1) is 9.66. The van der Waals surface area contributed by atoms with E-state index in [0.717, 1.165) is 5.56 Å². The lowest BCUT2D eigenvalue weighted by atomic mass is 9.90. The Morgan fingerprint density at radius 1 is 1.25 bits per heavy atom. The molecule has 4 nitrogen and oxygen atoms in total. The van der Waals surface area contributed by atoms with Crippen LogP contribution in [0.1, 0.15) is 22.8 Å². The van der Waals surface area contributed by atoms with E-state index < -0.39 is 0 Å². The number of allylic oxidation sites excluding steroid dienone is 2. The smallest absolute Gasteiger partial charge is 0.160 e. The number of nitrogens with two attached hydrogens (primary N) is 1. The van der Waals surface area contributed by atoms with Crippen LogP contribution in [0.15, 0.2) is 53.6 Å². The van der Waals surface area contributed by atoms with Crippen LogP contribution in [0.5, 0.6) is 0 Å². The van der Waals surface area contributed by atoms with E-state index in [1.165, 1.54) is 0 Å². The van der Waals surface area contributed by atoms with Gasteiger partial charge < -0.3 is 11.1 Å². The first-order valence-corrected chi connectivity index (χ1v) is 6.72. The average molecular weight is 267 g/mol. The maximum Gasteiger partial charge on any atom is 0.160 e. The molecule has 2 aliphatic rings. The molecule has 0 radical (unpaired) electrons. The molecule has 1 heterocycles. The molecule has 1 aliphatic heterocycles. The van der Waals surface area contributed by atoms with Gasteiger partial charge in [0.05, 0.1) is 12.2 Å². The van der Waals surface area contributed by atoms with Crippen molar-refractivity contribution in [1.82, 2.24) is 5.32 Å². The number of fused-ring (bicyclic) bond motifs is 1. The van der Waals surface area contributed by atoms with Gasteiger partial charge in [-0.2, -0.15) is 0 Å². The van der Waals surface area contributed by atoms with E-state index in [1.807, 2.05) is 42.5 Å². The number of carbonyl (C=O) groups excluding carboxylic acids is 1. The molecular weight excluding hydrogens is 250 g/mol. The first kappa shape index (κ1) is 12.8. The Morgan fingerprint density at radius 2 is 2.00 bits per heavy atom. The Hall–Kier alpha value is -2.20. The molecule has 4 heteroatoms. The average Bonchev–Trinajstić information content (AvgIpc) is 2.47. The van der Waals surface area contributed by atoms with Crippen molar-refractivity contribution in [3.63, 3.8) is 0 Å². The number of benzene rings is 1. The lowest BCUT2D eigenvalue weighted by molar-refractivity contribution is 0.101. The highest BCUT2D eigenvalue weighted by Gasteiger charge is 2.30. The van der Waals surface area contributed by atoms with Gasteiger partial charge >= 0.3 is 0 Å². The zero-order chi connectivity index (χ0) is 14.1. The zero-order valence-corrected chi connectivity index (χ0v) is 11.3. The highest BCUT2D eigenvalue weighted by molar-refractivity contribution is 6.09. The van der Waals surface area contributed by atoms with Gasteiger partial charge in [0.15, 0.2) is 5.78 Å². The Balaban J connectivity index is 2.03. The van der Waals surface area contributed by atoms with Crippen molar-refractivity contribution in [2.75, 3.05) is 0 Å². The van der Waals surface area contributed by atoms with Crippen molar-refractivity contribution >= 4 is 11.6 Å². The fourth-order valence-corrected chi connectivity index (χ4v) is 2.66. The topological polar surface area (TPSA) is 67.5 Å². The van der Waals surface area contributed by atoms with Crippen LogP contribution in [0.25, 0.3) is 0 Å². The van der Waals surface area contributed by atoms with Crippen LogP contribution in [-0.4, -0.2) is 23.8 Å². The van der Waals surface area contributed by atoms with E-state index in [9.17, 15) is 4.79 Å². The summed E-state index contributed by atoms with van der Waals surface area (Å²) in [5, 5.41) is 3.22. The number of aliphatic imine (C=N–C) groups is 1. The standard InChI is InChI=1S/C16H17N3O/c1-10(20)11-6-2-3-7-12(11)16-18-14-9-5-4-8-13(14)15(17)19-16/h2-9,13-15H,17H2,1H3,(H,18,19). The fourth-order valence-electron chi connectivity index (χ4n) is 2.66. The van der Waals surface area contributed by atoms with Crippen molar-refractivity contribution in [1.29, 1.82) is 0 Å². The van der Waals surface area contributed by atoms with E-state index in [0.29, 0.717) is 11.4 Å². The molecule has 3 unspecified atom stereocenters. The SMILES string of the molecule is CC(=O)c1ccccc1C1=NC2C=CC=CC2C(N)N1. The molecule has 0 saturated carbocycles. The number of ketones is 1. The van der Waals surface area contributed by atoms with Crippen molar-refractivity contribution in [3.8, 4) is 0 Å². The number of nitrogens with zero attached hydrogens (tertiary/aromatic N) is 1. The number of amidine groups is 1. The van der Waals surface area contributed by atoms with Gasteiger partial charge in [-0.05, 0) is 6.92 Å². The summed E-state index contributed by atoms with van der Waals surface area (Å²) in [4.78, 5) is 16.4. The van der Waals surface area contributed by atoms with E-state index in [1.54, 1.807) is 6.92 Å². The number of carbonyl (C=O) groups is 1. The second kappa shape index (κ2) is 5.06. The molecule has 0 saturated heterocycles. The summed E-state index contributed by atoms with van der Waals surface area (Å²) in [6, 6.07) is 7.51. The molecule has 0 fully saturated rings. The van der Waals surface area contributed by atoms with Crippen LogP contribution in [0, 0.1) is 5.92 Å². The largest absolute Gasteiger partial charge is 0.354 e. The van der Waals surface area contributed by atoms with E-state index in [2.05, 4.69) is 11.4 Å². The zero-order valence-electron chi connectivity index (χ0n) is 11.3. The van der Waals surface area contributed by atoms with Crippen LogP contribution >= 0.6 is 0 Å². The summed E-state index contributed by atoms with van der Waals surface area (Å²) in [5.74, 6) is 0.887. The number of nitrogens with one attached hydrogen (secondary N) is 1. The number of Topliss-reactive ketones (excluding diaryl/α,β-unsaturated/α-hetero) is 1. The number of rotatable bonds is 2. The molecule has 102 valence electrons. The van der Waals surface area contributed by atoms with Crippen LogP contribution in [0.3, 0.4) is 0 Å². The quantitative estimate of drug-likeness (QED) is 0.800. The van der Waals surface area contributed by atoms with Crippen LogP contribution in [-0.2, 0) is 0 Å². The molecular formula is C16H17N3O. The number of hydrogen-bond donors (Lipinski definition) is 2. The third-order valence-corrected chi connectivity index (χ3v) is 3.70. The van der Waals surface area contributed by atoms with Gasteiger partial charge in [0.1, 0.15) is 5.84 Å². The highest BCUT2D eigenvalue weighted by atomic mass is 16.1. The Labute approximate surface area is 118 Å². The lowest BCUT2D eigenvalue weighted by Gasteiger charge is -2.34. The molecule has 20 heavy (non-hydrogen) atoms. The minimum Gasteiger partial charge on any atom is -0.354 e. The van der Waals surface area contributed by atoms with Crippen molar-refractivity contribution in [3.05, 3.63) is 59.7 Å². The Kier molecular flexibility index (Phi) is 3.24. The van der Waals surface area contributed by atoms with E-state index >= 15 is 0 Å². The third-order valence-electron chi connectivity index (χ3n) is 3.70. The minimum absolute atomic E-state index is 0.0277. The normalized spacial score (nSPS) is 27.5. The molecule has 0 aromatic heterocycles. The summed E-state index contributed by atoms with van der Waals surface area (Å²) in [6.45, 7) is 1.56. The Morgan fingerprint density at radius 3 is 2.80 bits per heavy atom. The molecule has 0 spiro atoms. The van der Waals surface area contributed by atoms with E-state index in [-0.39, 0.29) is 23.9 Å². The fraction of sp³-hybridized carbons (Fsp3) is 0.250. The van der Waals surface area contributed by atoms with Gasteiger partial charge in [-0.1, -0.05) is 48.6 Å². The molecule has 3 rings (SSSR count). The van der Waals surface area contributed by atoms with Crippen LogP contribution in [0.2, 0.25) is 0 Å². The summed E-state index contributed by atoms with van der Waals surface area (Å²) < 4.78 is 0. The number of hydrogen-bond acceptors (Lipinski definition) is 4. The van der Waals surface area contributed by atoms with Gasteiger partial charge in [-0.25, -0.2) is 0 Å². The van der Waals surface area contributed by atoms with Crippen LogP contribution in [0.4, 0.5) is 0 Å². The molecule has 0 bridgehead atoms. The minimum atomic E-state index is -0.200. The highest BCUT2D eigenvalue weighted by Crippen LogP contribution is 2.23. The maximum absolute atomic E-state index is 11.7. The van der Waals surface area contributed by atoms with Gasteiger partial charge in [-0.15, -0.1) is 0 Å².